The van der Waals surface area contributed by atoms with E-state index in [0.717, 1.165) is 25.9 Å². The van der Waals surface area contributed by atoms with E-state index >= 15 is 0 Å². The van der Waals surface area contributed by atoms with Gasteiger partial charge in [0.05, 0.1) is 0 Å². The number of hydrogen-bond acceptors (Lipinski definition) is 2. The van der Waals surface area contributed by atoms with E-state index in [0.29, 0.717) is 0 Å². The van der Waals surface area contributed by atoms with Crippen molar-refractivity contribution in [2.75, 3.05) is 20.1 Å². The van der Waals surface area contributed by atoms with Crippen LogP contribution in [0, 0.1) is 5.41 Å². The summed E-state index contributed by atoms with van der Waals surface area (Å²) in [5, 5.41) is 5.99. The lowest BCUT2D eigenvalue weighted by Gasteiger charge is -2.17. The van der Waals surface area contributed by atoms with Crippen molar-refractivity contribution < 1.29 is 4.79 Å². The lowest BCUT2D eigenvalue weighted by molar-refractivity contribution is -0.128. The maximum atomic E-state index is 11.4. The van der Waals surface area contributed by atoms with Gasteiger partial charge in [-0.25, -0.2) is 0 Å². The number of carbonyl (C=O) groups excluding carboxylic acids is 1. The van der Waals surface area contributed by atoms with E-state index in [1.807, 2.05) is 27.8 Å². The number of unbranched alkanes of at least 4 members (excludes halogenated alkanes) is 1. The highest BCUT2D eigenvalue weighted by atomic mass is 16.2. The van der Waals surface area contributed by atoms with Gasteiger partial charge < -0.3 is 10.6 Å². The largest absolute Gasteiger partial charge is 0.356 e. The van der Waals surface area contributed by atoms with Crippen LogP contribution in [0.15, 0.2) is 0 Å². The summed E-state index contributed by atoms with van der Waals surface area (Å²) in [5.41, 5.74) is -0.261. The van der Waals surface area contributed by atoms with Crippen LogP contribution in [0.3, 0.4) is 0 Å². The minimum absolute atomic E-state index is 0.136. The maximum Gasteiger partial charge on any atom is 0.225 e. The first-order valence-electron chi connectivity index (χ1n) is 4.91. The number of hydrogen-bond donors (Lipinski definition) is 2. The van der Waals surface area contributed by atoms with E-state index in [1.165, 1.54) is 0 Å². The molecule has 3 nitrogen and oxygen atoms in total. The predicted molar refractivity (Wildman–Crippen MR) is 55.6 cm³/mol. The highest BCUT2D eigenvalue weighted by Gasteiger charge is 2.19. The van der Waals surface area contributed by atoms with E-state index in [2.05, 4.69) is 10.6 Å². The van der Waals surface area contributed by atoms with E-state index < -0.39 is 0 Å². The van der Waals surface area contributed by atoms with Gasteiger partial charge in [-0.3, -0.25) is 4.79 Å². The molecule has 0 rings (SSSR count). The van der Waals surface area contributed by atoms with Gasteiger partial charge in [0.1, 0.15) is 0 Å². The smallest absolute Gasteiger partial charge is 0.225 e. The zero-order valence-corrected chi connectivity index (χ0v) is 9.24. The van der Waals surface area contributed by atoms with Crippen LogP contribution in [0.4, 0.5) is 0 Å². The standard InChI is InChI=1S/C10H22N2O/c1-10(2,3)9(13)12-8-6-5-7-11-4/h11H,5-8H2,1-4H3,(H,12,13). The van der Waals surface area contributed by atoms with Crippen LogP contribution < -0.4 is 10.6 Å². The zero-order chi connectivity index (χ0) is 10.3. The van der Waals surface area contributed by atoms with Gasteiger partial charge in [-0.15, -0.1) is 0 Å². The van der Waals surface area contributed by atoms with E-state index in [1.54, 1.807) is 0 Å². The van der Waals surface area contributed by atoms with Crippen molar-refractivity contribution in [1.29, 1.82) is 0 Å². The molecule has 0 bridgehead atoms. The first kappa shape index (κ1) is 12.4. The van der Waals surface area contributed by atoms with Gasteiger partial charge in [0.15, 0.2) is 0 Å². The SMILES string of the molecule is CNCCCCNC(=O)C(C)(C)C. The Balaban J connectivity index is 3.38. The topological polar surface area (TPSA) is 41.1 Å². The van der Waals surface area contributed by atoms with Gasteiger partial charge >= 0.3 is 0 Å². The normalized spacial score (nSPS) is 11.4. The number of nitrogens with one attached hydrogen (secondary N) is 2. The molecule has 0 fully saturated rings. The average molecular weight is 186 g/mol. The summed E-state index contributed by atoms with van der Waals surface area (Å²) in [5.74, 6) is 0.136. The molecular weight excluding hydrogens is 164 g/mol. The van der Waals surface area contributed by atoms with Crippen LogP contribution in [0.2, 0.25) is 0 Å². The van der Waals surface area contributed by atoms with Crippen molar-refractivity contribution in [2.45, 2.75) is 33.6 Å². The summed E-state index contributed by atoms with van der Waals surface area (Å²) < 4.78 is 0. The molecule has 0 aliphatic carbocycles. The fraction of sp³-hybridized carbons (Fsp3) is 0.900. The molecule has 2 N–H and O–H groups in total. The number of rotatable bonds is 5. The molecule has 0 aromatic heterocycles. The van der Waals surface area contributed by atoms with Gasteiger partial charge in [-0.2, -0.15) is 0 Å². The molecule has 0 aliphatic rings. The molecule has 0 radical (unpaired) electrons. The average Bonchev–Trinajstić information content (AvgIpc) is 2.02. The van der Waals surface area contributed by atoms with Crippen molar-refractivity contribution in [1.82, 2.24) is 10.6 Å². The molecular formula is C10H22N2O. The van der Waals surface area contributed by atoms with E-state index in [4.69, 9.17) is 0 Å². The molecule has 0 aromatic rings. The Bertz CT molecular complexity index is 149. The summed E-state index contributed by atoms with van der Waals surface area (Å²) in [7, 11) is 1.94. The van der Waals surface area contributed by atoms with E-state index in [9.17, 15) is 4.79 Å². The van der Waals surface area contributed by atoms with Gasteiger partial charge in [-0.05, 0) is 26.4 Å². The molecule has 1 amide bonds. The van der Waals surface area contributed by atoms with Crippen LogP contribution in [0.5, 0.6) is 0 Å². The fourth-order valence-electron chi connectivity index (χ4n) is 0.894. The third-order valence-corrected chi connectivity index (χ3v) is 1.82. The predicted octanol–water partition coefficient (Wildman–Crippen LogP) is 1.15. The Morgan fingerprint density at radius 3 is 2.15 bits per heavy atom. The first-order chi connectivity index (χ1) is 5.98. The lowest BCUT2D eigenvalue weighted by atomic mass is 9.96. The second kappa shape index (κ2) is 5.97. The van der Waals surface area contributed by atoms with Crippen molar-refractivity contribution in [3.63, 3.8) is 0 Å². The molecule has 0 heterocycles. The number of carbonyl (C=O) groups is 1. The van der Waals surface area contributed by atoms with Crippen LogP contribution in [0.25, 0.3) is 0 Å². The molecule has 13 heavy (non-hydrogen) atoms. The zero-order valence-electron chi connectivity index (χ0n) is 9.24. The van der Waals surface area contributed by atoms with Gasteiger partial charge in [0.2, 0.25) is 5.91 Å². The highest BCUT2D eigenvalue weighted by molar-refractivity contribution is 5.81. The summed E-state index contributed by atoms with van der Waals surface area (Å²) in [6.07, 6.45) is 2.16. The van der Waals surface area contributed by atoms with Crippen molar-refractivity contribution >= 4 is 5.91 Å². The Morgan fingerprint density at radius 2 is 1.69 bits per heavy atom. The third-order valence-electron chi connectivity index (χ3n) is 1.82. The molecule has 0 saturated carbocycles. The van der Waals surface area contributed by atoms with Crippen molar-refractivity contribution in [3.8, 4) is 0 Å². The summed E-state index contributed by atoms with van der Waals surface area (Å²) in [6.45, 7) is 7.59. The number of amides is 1. The maximum absolute atomic E-state index is 11.4. The van der Waals surface area contributed by atoms with Gasteiger partial charge in [0, 0.05) is 12.0 Å². The summed E-state index contributed by atoms with van der Waals surface area (Å²) in [4.78, 5) is 11.4. The van der Waals surface area contributed by atoms with Crippen molar-refractivity contribution in [3.05, 3.63) is 0 Å². The van der Waals surface area contributed by atoms with E-state index in [-0.39, 0.29) is 11.3 Å². The second-order valence-electron chi connectivity index (χ2n) is 4.32. The van der Waals surface area contributed by atoms with Crippen molar-refractivity contribution in [2.24, 2.45) is 5.41 Å². The lowest BCUT2D eigenvalue weighted by Crippen LogP contribution is -2.35. The minimum Gasteiger partial charge on any atom is -0.356 e. The van der Waals surface area contributed by atoms with Crippen LogP contribution >= 0.6 is 0 Å². The Labute approximate surface area is 81.3 Å². The molecule has 0 atom stereocenters. The Morgan fingerprint density at radius 1 is 1.15 bits per heavy atom. The second-order valence-corrected chi connectivity index (χ2v) is 4.32. The van der Waals surface area contributed by atoms with Crippen LogP contribution in [0.1, 0.15) is 33.6 Å². The Hall–Kier alpha value is -0.570. The van der Waals surface area contributed by atoms with Gasteiger partial charge in [0.25, 0.3) is 0 Å². The highest BCUT2D eigenvalue weighted by Crippen LogP contribution is 2.12. The molecule has 0 saturated heterocycles. The Kier molecular flexibility index (Phi) is 5.71. The monoisotopic (exact) mass is 186 g/mol. The molecule has 78 valence electrons. The van der Waals surface area contributed by atoms with Crippen LogP contribution in [-0.2, 0) is 4.79 Å². The van der Waals surface area contributed by atoms with Crippen LogP contribution in [-0.4, -0.2) is 26.0 Å². The molecule has 3 heteroatoms. The third kappa shape index (κ3) is 6.58. The molecule has 0 unspecified atom stereocenters. The summed E-state index contributed by atoms with van der Waals surface area (Å²) >= 11 is 0. The van der Waals surface area contributed by atoms with Gasteiger partial charge in [-0.1, -0.05) is 20.8 Å². The quantitative estimate of drug-likeness (QED) is 0.632. The molecule has 0 spiro atoms. The molecule has 0 aliphatic heterocycles. The summed E-state index contributed by atoms with van der Waals surface area (Å²) in [6, 6.07) is 0. The first-order valence-corrected chi connectivity index (χ1v) is 4.91. The molecule has 0 aromatic carbocycles. The minimum atomic E-state index is -0.261. The fourth-order valence-corrected chi connectivity index (χ4v) is 0.894.